The second kappa shape index (κ2) is 4.45. The van der Waals surface area contributed by atoms with Crippen LogP contribution >= 0.6 is 0 Å². The highest BCUT2D eigenvalue weighted by Crippen LogP contribution is 2.18. The third kappa shape index (κ3) is 2.74. The Balaban J connectivity index is 2.84. The number of para-hydroxylation sites is 1. The van der Waals surface area contributed by atoms with Gasteiger partial charge in [0.25, 0.3) is 0 Å². The van der Waals surface area contributed by atoms with Crippen LogP contribution in [0.1, 0.15) is 12.5 Å². The Hall–Kier alpha value is -1.58. The molecule has 70 valence electrons. The van der Waals surface area contributed by atoms with Gasteiger partial charge in [-0.2, -0.15) is 0 Å². The van der Waals surface area contributed by atoms with Crippen LogP contribution in [0.3, 0.4) is 0 Å². The Morgan fingerprint density at radius 3 is 2.77 bits per heavy atom. The quantitative estimate of drug-likeness (QED) is 0.526. The summed E-state index contributed by atoms with van der Waals surface area (Å²) in [5, 5.41) is 10.3. The molecule has 0 unspecified atom stereocenters. The molecule has 0 heterocycles. The number of nitro groups is 1. The van der Waals surface area contributed by atoms with Crippen LogP contribution in [-0.2, 0) is 6.54 Å². The van der Waals surface area contributed by atoms with Crippen molar-refractivity contribution < 1.29 is 9.66 Å². The van der Waals surface area contributed by atoms with Gasteiger partial charge in [-0.05, 0) is 19.1 Å². The predicted molar refractivity (Wildman–Crippen MR) is 48.3 cm³/mol. The van der Waals surface area contributed by atoms with Crippen molar-refractivity contribution in [2.24, 2.45) is 0 Å². The predicted octanol–water partition coefficient (Wildman–Crippen LogP) is 1.86. The van der Waals surface area contributed by atoms with Crippen molar-refractivity contribution in [1.82, 2.24) is 0 Å². The van der Waals surface area contributed by atoms with Crippen molar-refractivity contribution in [2.45, 2.75) is 13.5 Å². The summed E-state index contributed by atoms with van der Waals surface area (Å²) in [6.07, 6.45) is 0. The van der Waals surface area contributed by atoms with Crippen LogP contribution in [0.15, 0.2) is 24.3 Å². The zero-order chi connectivity index (χ0) is 9.68. The maximum absolute atomic E-state index is 10.3. The first-order valence-corrected chi connectivity index (χ1v) is 4.06. The molecule has 0 saturated carbocycles. The first-order valence-electron chi connectivity index (χ1n) is 4.06. The van der Waals surface area contributed by atoms with E-state index >= 15 is 0 Å². The second-order valence-corrected chi connectivity index (χ2v) is 2.53. The molecular formula is C9H11NO3. The lowest BCUT2D eigenvalue weighted by atomic mass is 10.2. The van der Waals surface area contributed by atoms with Crippen molar-refractivity contribution in [3.05, 3.63) is 39.9 Å². The van der Waals surface area contributed by atoms with Crippen LogP contribution in [-0.4, -0.2) is 11.5 Å². The van der Waals surface area contributed by atoms with Gasteiger partial charge in [0.2, 0.25) is 6.54 Å². The molecule has 0 atom stereocenters. The number of ether oxygens (including phenoxy) is 1. The fourth-order valence-electron chi connectivity index (χ4n) is 1.07. The molecule has 4 heteroatoms. The van der Waals surface area contributed by atoms with Crippen molar-refractivity contribution in [3.8, 4) is 5.75 Å². The zero-order valence-corrected chi connectivity index (χ0v) is 7.40. The number of hydrogen-bond donors (Lipinski definition) is 0. The van der Waals surface area contributed by atoms with Crippen molar-refractivity contribution in [2.75, 3.05) is 6.61 Å². The van der Waals surface area contributed by atoms with Gasteiger partial charge < -0.3 is 4.74 Å². The molecule has 0 saturated heterocycles. The molecule has 13 heavy (non-hydrogen) atoms. The minimum Gasteiger partial charge on any atom is -0.493 e. The van der Waals surface area contributed by atoms with Gasteiger partial charge in [0, 0.05) is 4.92 Å². The lowest BCUT2D eigenvalue weighted by Gasteiger charge is -2.05. The van der Waals surface area contributed by atoms with Crippen LogP contribution in [0.25, 0.3) is 0 Å². The first-order chi connectivity index (χ1) is 6.24. The molecule has 0 aliphatic carbocycles. The van der Waals surface area contributed by atoms with Gasteiger partial charge in [-0.25, -0.2) is 0 Å². The van der Waals surface area contributed by atoms with E-state index in [-0.39, 0.29) is 11.5 Å². The van der Waals surface area contributed by atoms with Crippen LogP contribution in [0.4, 0.5) is 0 Å². The summed E-state index contributed by atoms with van der Waals surface area (Å²) in [7, 11) is 0. The Morgan fingerprint density at radius 1 is 1.46 bits per heavy atom. The number of benzene rings is 1. The smallest absolute Gasteiger partial charge is 0.232 e. The average molecular weight is 181 g/mol. The van der Waals surface area contributed by atoms with Crippen molar-refractivity contribution >= 4 is 0 Å². The molecule has 0 amide bonds. The van der Waals surface area contributed by atoms with E-state index in [1.807, 2.05) is 6.92 Å². The molecule has 0 aliphatic heterocycles. The standard InChI is InChI=1S/C9H11NO3/c1-2-13-9-6-4-3-5-8(9)7-10(11)12/h3-6H,2,7H2,1H3. The second-order valence-electron chi connectivity index (χ2n) is 2.53. The van der Waals surface area contributed by atoms with Gasteiger partial charge in [-0.15, -0.1) is 0 Å². The van der Waals surface area contributed by atoms with E-state index in [1.54, 1.807) is 24.3 Å². The Bertz CT molecular complexity index is 299. The molecule has 0 bridgehead atoms. The lowest BCUT2D eigenvalue weighted by molar-refractivity contribution is -0.496. The molecule has 0 N–H and O–H groups in total. The van der Waals surface area contributed by atoms with Crippen molar-refractivity contribution in [3.63, 3.8) is 0 Å². The number of nitrogens with zero attached hydrogens (tertiary/aromatic N) is 1. The van der Waals surface area contributed by atoms with Gasteiger partial charge in [0.1, 0.15) is 5.75 Å². The minimum absolute atomic E-state index is 0.184. The minimum atomic E-state index is -0.363. The molecular weight excluding hydrogens is 170 g/mol. The summed E-state index contributed by atoms with van der Waals surface area (Å²) in [5.41, 5.74) is 0.620. The molecule has 1 aromatic rings. The third-order valence-electron chi connectivity index (χ3n) is 1.57. The average Bonchev–Trinajstić information content (AvgIpc) is 2.08. The molecule has 4 nitrogen and oxygen atoms in total. The van der Waals surface area contributed by atoms with Crippen LogP contribution < -0.4 is 4.74 Å². The Kier molecular flexibility index (Phi) is 3.25. The van der Waals surface area contributed by atoms with E-state index in [0.717, 1.165) is 0 Å². The zero-order valence-electron chi connectivity index (χ0n) is 7.40. The van der Waals surface area contributed by atoms with E-state index in [9.17, 15) is 10.1 Å². The van der Waals surface area contributed by atoms with Crippen molar-refractivity contribution in [1.29, 1.82) is 0 Å². The van der Waals surface area contributed by atoms with E-state index in [4.69, 9.17) is 4.74 Å². The summed E-state index contributed by atoms with van der Waals surface area (Å²) in [6.45, 7) is 2.19. The molecule has 0 spiro atoms. The normalized spacial score (nSPS) is 9.62. The monoisotopic (exact) mass is 181 g/mol. The summed E-state index contributed by atoms with van der Waals surface area (Å²) < 4.78 is 5.23. The Labute approximate surface area is 76.3 Å². The van der Waals surface area contributed by atoms with Gasteiger partial charge in [-0.1, -0.05) is 12.1 Å². The summed E-state index contributed by atoms with van der Waals surface area (Å²) in [5.74, 6) is 0.599. The van der Waals surface area contributed by atoms with E-state index in [0.29, 0.717) is 17.9 Å². The largest absolute Gasteiger partial charge is 0.493 e. The molecule has 0 aliphatic rings. The fourth-order valence-corrected chi connectivity index (χ4v) is 1.07. The summed E-state index contributed by atoms with van der Waals surface area (Å²) >= 11 is 0. The number of rotatable bonds is 4. The molecule has 0 radical (unpaired) electrons. The van der Waals surface area contributed by atoms with E-state index < -0.39 is 0 Å². The lowest BCUT2D eigenvalue weighted by Crippen LogP contribution is -2.02. The highest BCUT2D eigenvalue weighted by molar-refractivity contribution is 5.32. The topological polar surface area (TPSA) is 52.4 Å². The van der Waals surface area contributed by atoms with E-state index in [1.165, 1.54) is 0 Å². The molecule has 1 rings (SSSR count). The maximum Gasteiger partial charge on any atom is 0.232 e. The summed E-state index contributed by atoms with van der Waals surface area (Å²) in [4.78, 5) is 9.91. The Morgan fingerprint density at radius 2 is 2.15 bits per heavy atom. The van der Waals surface area contributed by atoms with Crippen LogP contribution in [0.2, 0.25) is 0 Å². The van der Waals surface area contributed by atoms with Gasteiger partial charge in [-0.3, -0.25) is 10.1 Å². The summed E-state index contributed by atoms with van der Waals surface area (Å²) in [6, 6.07) is 7.01. The van der Waals surface area contributed by atoms with Crippen LogP contribution in [0, 0.1) is 10.1 Å². The highest BCUT2D eigenvalue weighted by atomic mass is 16.6. The SMILES string of the molecule is CCOc1ccccc1C[N+](=O)[O-]. The number of hydrogen-bond acceptors (Lipinski definition) is 3. The molecule has 0 aromatic heterocycles. The highest BCUT2D eigenvalue weighted by Gasteiger charge is 2.07. The van der Waals surface area contributed by atoms with Gasteiger partial charge >= 0.3 is 0 Å². The molecule has 1 aromatic carbocycles. The first kappa shape index (κ1) is 9.51. The fraction of sp³-hybridized carbons (Fsp3) is 0.333. The van der Waals surface area contributed by atoms with Crippen LogP contribution in [0.5, 0.6) is 5.75 Å². The third-order valence-corrected chi connectivity index (χ3v) is 1.57. The van der Waals surface area contributed by atoms with E-state index in [2.05, 4.69) is 0 Å². The van der Waals surface area contributed by atoms with Gasteiger partial charge in [0.15, 0.2) is 0 Å². The molecule has 0 fully saturated rings. The maximum atomic E-state index is 10.3. The van der Waals surface area contributed by atoms with Gasteiger partial charge in [0.05, 0.1) is 12.2 Å².